The first kappa shape index (κ1) is 24.5. The number of nitrogens with zero attached hydrogens (tertiary/aromatic N) is 3. The first-order valence-electron chi connectivity index (χ1n) is 12.4. The molecule has 0 atom stereocenters. The van der Waals surface area contributed by atoms with E-state index >= 15 is 0 Å². The second-order valence-corrected chi connectivity index (χ2v) is 8.77. The quantitative estimate of drug-likeness (QED) is 0.259. The predicted molar refractivity (Wildman–Crippen MR) is 142 cm³/mol. The van der Waals surface area contributed by atoms with Crippen molar-refractivity contribution in [3.63, 3.8) is 0 Å². The lowest BCUT2D eigenvalue weighted by atomic mass is 10.1. The molecule has 1 heterocycles. The summed E-state index contributed by atoms with van der Waals surface area (Å²) < 4.78 is 5.66. The third-order valence-electron chi connectivity index (χ3n) is 6.14. The van der Waals surface area contributed by atoms with Crippen molar-refractivity contribution in [2.45, 2.75) is 26.3 Å². The van der Waals surface area contributed by atoms with Gasteiger partial charge in [0.05, 0.1) is 12.8 Å². The molecule has 0 radical (unpaired) electrons. The van der Waals surface area contributed by atoms with E-state index in [1.165, 1.54) is 11.3 Å². The Bertz CT molecular complexity index is 1070. The minimum Gasteiger partial charge on any atom is -0.494 e. The van der Waals surface area contributed by atoms with E-state index in [-0.39, 0.29) is 5.91 Å². The van der Waals surface area contributed by atoms with Crippen LogP contribution in [0.5, 0.6) is 5.75 Å². The molecule has 1 aliphatic heterocycles. The number of para-hydroxylation sites is 1. The molecule has 0 unspecified atom stereocenters. The number of hydrogen-bond acceptors (Lipinski definition) is 5. The number of carbonyl (C=O) groups excluding carboxylic acids is 1. The summed E-state index contributed by atoms with van der Waals surface area (Å²) >= 11 is 0. The summed E-state index contributed by atoms with van der Waals surface area (Å²) in [5, 5.41) is 4.09. The Balaban J connectivity index is 1.21. The van der Waals surface area contributed by atoms with Crippen LogP contribution in [0.3, 0.4) is 0 Å². The Morgan fingerprint density at radius 2 is 1.66 bits per heavy atom. The third-order valence-corrected chi connectivity index (χ3v) is 6.14. The molecular formula is C29H34N4O2. The van der Waals surface area contributed by atoms with Crippen LogP contribution in [0.1, 0.15) is 41.3 Å². The first-order valence-corrected chi connectivity index (χ1v) is 12.4. The molecule has 1 N–H and O–H groups in total. The van der Waals surface area contributed by atoms with Crippen LogP contribution in [0, 0.1) is 0 Å². The van der Waals surface area contributed by atoms with Gasteiger partial charge in [0.25, 0.3) is 5.91 Å². The highest BCUT2D eigenvalue weighted by molar-refractivity contribution is 5.94. The second kappa shape index (κ2) is 12.7. The Morgan fingerprint density at radius 3 is 2.34 bits per heavy atom. The molecule has 0 aliphatic carbocycles. The minimum absolute atomic E-state index is 0.219. The monoisotopic (exact) mass is 470 g/mol. The molecule has 3 aromatic carbocycles. The SMILES string of the molecule is CCCCOc1ccc(/C=N/NC(=O)c2ccc(CN3CCN(c4ccccc4)CC3)cc2)cc1. The lowest BCUT2D eigenvalue weighted by Gasteiger charge is -2.36. The Morgan fingerprint density at radius 1 is 0.943 bits per heavy atom. The van der Waals surface area contributed by atoms with E-state index in [1.807, 2.05) is 48.5 Å². The fraction of sp³-hybridized carbons (Fsp3) is 0.310. The fourth-order valence-corrected chi connectivity index (χ4v) is 4.04. The van der Waals surface area contributed by atoms with E-state index in [2.05, 4.69) is 57.6 Å². The smallest absolute Gasteiger partial charge is 0.271 e. The topological polar surface area (TPSA) is 57.2 Å². The predicted octanol–water partition coefficient (Wildman–Crippen LogP) is 4.95. The highest BCUT2D eigenvalue weighted by atomic mass is 16.5. The third kappa shape index (κ3) is 7.42. The average molecular weight is 471 g/mol. The summed E-state index contributed by atoms with van der Waals surface area (Å²) in [4.78, 5) is 17.3. The number of rotatable bonds is 10. The van der Waals surface area contributed by atoms with Gasteiger partial charge in [-0.25, -0.2) is 5.43 Å². The summed E-state index contributed by atoms with van der Waals surface area (Å²) in [5.41, 5.74) is 6.60. The largest absolute Gasteiger partial charge is 0.494 e. The summed E-state index contributed by atoms with van der Waals surface area (Å²) in [7, 11) is 0. The molecular weight excluding hydrogens is 436 g/mol. The van der Waals surface area contributed by atoms with Gasteiger partial charge < -0.3 is 9.64 Å². The molecule has 182 valence electrons. The summed E-state index contributed by atoms with van der Waals surface area (Å²) in [5.74, 6) is 0.626. The summed E-state index contributed by atoms with van der Waals surface area (Å²) in [6, 6.07) is 26.0. The molecule has 3 aromatic rings. The molecule has 0 bridgehead atoms. The van der Waals surface area contributed by atoms with Crippen LogP contribution in [0.4, 0.5) is 5.69 Å². The van der Waals surface area contributed by atoms with Crippen molar-refractivity contribution in [2.24, 2.45) is 5.10 Å². The number of ether oxygens (including phenoxy) is 1. The molecule has 1 aliphatic rings. The molecule has 0 saturated carbocycles. The molecule has 0 aromatic heterocycles. The van der Waals surface area contributed by atoms with E-state index in [4.69, 9.17) is 4.74 Å². The zero-order chi connectivity index (χ0) is 24.3. The van der Waals surface area contributed by atoms with Crippen molar-refractivity contribution in [3.05, 3.63) is 95.6 Å². The molecule has 35 heavy (non-hydrogen) atoms. The number of anilines is 1. The number of carbonyl (C=O) groups is 1. The number of unbranched alkanes of at least 4 members (excludes halogenated alkanes) is 1. The Kier molecular flexibility index (Phi) is 8.90. The van der Waals surface area contributed by atoms with E-state index in [9.17, 15) is 4.79 Å². The molecule has 1 saturated heterocycles. The molecule has 6 nitrogen and oxygen atoms in total. The van der Waals surface area contributed by atoms with Crippen LogP contribution in [-0.2, 0) is 6.54 Å². The van der Waals surface area contributed by atoms with Crippen LogP contribution < -0.4 is 15.1 Å². The fourth-order valence-electron chi connectivity index (χ4n) is 4.04. The molecule has 0 spiro atoms. The van der Waals surface area contributed by atoms with Crippen molar-refractivity contribution in [1.29, 1.82) is 0 Å². The first-order chi connectivity index (χ1) is 17.2. The lowest BCUT2D eigenvalue weighted by molar-refractivity contribution is 0.0955. The van der Waals surface area contributed by atoms with Gasteiger partial charge >= 0.3 is 0 Å². The number of nitrogens with one attached hydrogen (secondary N) is 1. The van der Waals surface area contributed by atoms with E-state index in [0.29, 0.717) is 5.56 Å². The Hall–Kier alpha value is -3.64. The second-order valence-electron chi connectivity index (χ2n) is 8.77. The highest BCUT2D eigenvalue weighted by Crippen LogP contribution is 2.17. The molecule has 1 amide bonds. The van der Waals surface area contributed by atoms with Crippen molar-refractivity contribution < 1.29 is 9.53 Å². The highest BCUT2D eigenvalue weighted by Gasteiger charge is 2.17. The van der Waals surface area contributed by atoms with Crippen molar-refractivity contribution in [1.82, 2.24) is 10.3 Å². The van der Waals surface area contributed by atoms with Crippen LogP contribution >= 0.6 is 0 Å². The summed E-state index contributed by atoms with van der Waals surface area (Å²) in [6.07, 6.45) is 3.79. The average Bonchev–Trinajstić information content (AvgIpc) is 2.91. The van der Waals surface area contributed by atoms with Crippen molar-refractivity contribution in [2.75, 3.05) is 37.7 Å². The number of hydrogen-bond donors (Lipinski definition) is 1. The Labute approximate surface area is 208 Å². The maximum absolute atomic E-state index is 12.4. The van der Waals surface area contributed by atoms with Crippen molar-refractivity contribution in [3.8, 4) is 5.75 Å². The van der Waals surface area contributed by atoms with E-state index < -0.39 is 0 Å². The summed E-state index contributed by atoms with van der Waals surface area (Å²) in [6.45, 7) is 7.86. The van der Waals surface area contributed by atoms with Gasteiger partial charge in [0.15, 0.2) is 0 Å². The van der Waals surface area contributed by atoms with Crippen LogP contribution in [-0.4, -0.2) is 49.8 Å². The van der Waals surface area contributed by atoms with E-state index in [1.54, 1.807) is 6.21 Å². The maximum Gasteiger partial charge on any atom is 0.271 e. The standard InChI is InChI=1S/C29H34N4O2/c1-2-3-21-35-28-15-11-24(12-16-28)22-30-31-29(34)26-13-9-25(10-14-26)23-32-17-19-33(20-18-32)27-7-5-4-6-8-27/h4-16,22H,2-3,17-21,23H2,1H3,(H,31,34)/b30-22+. The van der Waals surface area contributed by atoms with Gasteiger partial charge in [-0.05, 0) is 66.1 Å². The zero-order valence-corrected chi connectivity index (χ0v) is 20.4. The molecule has 4 rings (SSSR count). The molecule has 1 fully saturated rings. The number of benzene rings is 3. The number of hydrazone groups is 1. The number of amides is 1. The lowest BCUT2D eigenvalue weighted by Crippen LogP contribution is -2.45. The van der Waals surface area contributed by atoms with Crippen LogP contribution in [0.2, 0.25) is 0 Å². The van der Waals surface area contributed by atoms with Gasteiger partial charge in [-0.15, -0.1) is 0 Å². The normalized spacial score (nSPS) is 14.3. The van der Waals surface area contributed by atoms with Crippen molar-refractivity contribution >= 4 is 17.8 Å². The minimum atomic E-state index is -0.219. The van der Waals surface area contributed by atoms with Gasteiger partial charge in [0.2, 0.25) is 0 Å². The van der Waals surface area contributed by atoms with Crippen LogP contribution in [0.15, 0.2) is 84.0 Å². The number of piperazine rings is 1. The van der Waals surface area contributed by atoms with Gasteiger partial charge in [-0.1, -0.05) is 43.7 Å². The zero-order valence-electron chi connectivity index (χ0n) is 20.4. The van der Waals surface area contributed by atoms with E-state index in [0.717, 1.165) is 63.5 Å². The maximum atomic E-state index is 12.4. The molecule has 6 heteroatoms. The van der Waals surface area contributed by atoms with Gasteiger partial charge in [-0.2, -0.15) is 5.10 Å². The van der Waals surface area contributed by atoms with Gasteiger partial charge in [-0.3, -0.25) is 9.69 Å². The van der Waals surface area contributed by atoms with Gasteiger partial charge in [0.1, 0.15) is 5.75 Å². The van der Waals surface area contributed by atoms with Crippen LogP contribution in [0.25, 0.3) is 0 Å². The van der Waals surface area contributed by atoms with Gasteiger partial charge in [0, 0.05) is 44.0 Å².